The summed E-state index contributed by atoms with van der Waals surface area (Å²) >= 11 is 0. The van der Waals surface area contributed by atoms with Crippen molar-refractivity contribution in [3.05, 3.63) is 29.8 Å². The first kappa shape index (κ1) is 18.1. The number of nitrogens with zero attached hydrogens (tertiary/aromatic N) is 3. The van der Waals surface area contributed by atoms with E-state index in [9.17, 15) is 4.79 Å². The molecule has 6 nitrogen and oxygen atoms in total. The molecule has 1 aromatic carbocycles. The lowest BCUT2D eigenvalue weighted by Crippen LogP contribution is -2.39. The van der Waals surface area contributed by atoms with E-state index >= 15 is 0 Å². The lowest BCUT2D eigenvalue weighted by molar-refractivity contribution is -0.128. The number of hydrogen-bond acceptors (Lipinski definition) is 3. The summed E-state index contributed by atoms with van der Waals surface area (Å²) in [6.07, 6.45) is 2.21. The molecular weight excluding hydrogens is 304 g/mol. The van der Waals surface area contributed by atoms with Gasteiger partial charge in [-0.15, -0.1) is 0 Å². The molecule has 0 spiro atoms. The number of benzene rings is 1. The predicted octanol–water partition coefficient (Wildman–Crippen LogP) is 1.71. The van der Waals surface area contributed by atoms with Crippen LogP contribution in [0, 0.1) is 0 Å². The highest BCUT2D eigenvalue weighted by Crippen LogP contribution is 2.12. The Bertz CT molecular complexity index is 551. The summed E-state index contributed by atoms with van der Waals surface area (Å²) in [5.74, 6) is 1.71. The van der Waals surface area contributed by atoms with Crippen molar-refractivity contribution in [3.63, 3.8) is 0 Å². The Morgan fingerprint density at radius 2 is 1.96 bits per heavy atom. The third-order valence-electron chi connectivity index (χ3n) is 4.10. The first-order chi connectivity index (χ1) is 11.6. The molecule has 1 amide bonds. The van der Waals surface area contributed by atoms with Crippen LogP contribution in [0.4, 0.5) is 0 Å². The topological polar surface area (TPSA) is 57.2 Å². The summed E-state index contributed by atoms with van der Waals surface area (Å²) in [7, 11) is 3.64. The highest BCUT2D eigenvalue weighted by atomic mass is 16.5. The molecule has 1 aliphatic rings. The number of methoxy groups -OCH3 is 1. The maximum absolute atomic E-state index is 12.2. The molecule has 2 rings (SSSR count). The second-order valence-electron chi connectivity index (χ2n) is 5.96. The number of rotatable bonds is 6. The summed E-state index contributed by atoms with van der Waals surface area (Å²) in [6.45, 7) is 5.45. The fraction of sp³-hybridized carbons (Fsp3) is 0.556. The molecule has 0 bridgehead atoms. The van der Waals surface area contributed by atoms with Crippen molar-refractivity contribution in [2.45, 2.75) is 26.3 Å². The number of hydrogen-bond donors (Lipinski definition) is 1. The predicted molar refractivity (Wildman–Crippen MR) is 96.3 cm³/mol. The van der Waals surface area contributed by atoms with Gasteiger partial charge in [-0.1, -0.05) is 12.1 Å². The number of ether oxygens (including phenoxy) is 1. The summed E-state index contributed by atoms with van der Waals surface area (Å²) in [5, 5.41) is 3.25. The van der Waals surface area contributed by atoms with Gasteiger partial charge in [0.1, 0.15) is 12.3 Å². The van der Waals surface area contributed by atoms with E-state index in [1.165, 1.54) is 0 Å². The average Bonchev–Trinajstić information content (AvgIpc) is 3.13. The first-order valence-corrected chi connectivity index (χ1v) is 8.54. The number of carbonyl (C=O) groups excluding carboxylic acids is 1. The van der Waals surface area contributed by atoms with E-state index in [4.69, 9.17) is 4.74 Å². The van der Waals surface area contributed by atoms with Crippen molar-refractivity contribution in [2.24, 2.45) is 4.99 Å². The van der Waals surface area contributed by atoms with Gasteiger partial charge in [0.2, 0.25) is 5.91 Å². The van der Waals surface area contributed by atoms with Crippen LogP contribution < -0.4 is 10.1 Å². The molecule has 1 saturated heterocycles. The third-order valence-corrected chi connectivity index (χ3v) is 4.10. The molecule has 0 unspecified atom stereocenters. The molecule has 1 aliphatic heterocycles. The molecule has 132 valence electrons. The second kappa shape index (κ2) is 9.15. The largest absolute Gasteiger partial charge is 0.497 e. The van der Waals surface area contributed by atoms with Crippen molar-refractivity contribution in [2.75, 3.05) is 40.3 Å². The maximum atomic E-state index is 12.2. The normalized spacial score (nSPS) is 14.6. The van der Waals surface area contributed by atoms with Crippen molar-refractivity contribution >= 4 is 11.9 Å². The second-order valence-corrected chi connectivity index (χ2v) is 5.96. The number of likely N-dealkylation sites (tertiary alicyclic amines) is 1. The van der Waals surface area contributed by atoms with Gasteiger partial charge in [0.05, 0.1) is 7.11 Å². The van der Waals surface area contributed by atoms with Crippen LogP contribution in [-0.4, -0.2) is 62.0 Å². The van der Waals surface area contributed by atoms with Crippen LogP contribution in [0.25, 0.3) is 0 Å². The minimum absolute atomic E-state index is 0.112. The Morgan fingerprint density at radius 3 is 2.54 bits per heavy atom. The van der Waals surface area contributed by atoms with E-state index in [2.05, 4.69) is 10.3 Å². The van der Waals surface area contributed by atoms with Crippen molar-refractivity contribution in [3.8, 4) is 5.75 Å². The maximum Gasteiger partial charge on any atom is 0.244 e. The number of aliphatic imine (C=N–C) groups is 1. The molecule has 0 radical (unpaired) electrons. The number of carbonyl (C=O) groups is 1. The molecule has 1 heterocycles. The number of amides is 1. The Labute approximate surface area is 144 Å². The molecule has 24 heavy (non-hydrogen) atoms. The Hall–Kier alpha value is -2.24. The van der Waals surface area contributed by atoms with Crippen molar-refractivity contribution in [1.82, 2.24) is 15.1 Å². The minimum atomic E-state index is 0.112. The summed E-state index contributed by atoms with van der Waals surface area (Å²) in [5.41, 5.74) is 1.16. The van der Waals surface area contributed by atoms with Crippen LogP contribution in [0.1, 0.15) is 25.3 Å². The van der Waals surface area contributed by atoms with Gasteiger partial charge in [-0.2, -0.15) is 0 Å². The number of nitrogens with one attached hydrogen (secondary N) is 1. The van der Waals surface area contributed by atoms with E-state index in [1.54, 1.807) is 7.11 Å². The van der Waals surface area contributed by atoms with Crippen LogP contribution in [0.3, 0.4) is 0 Å². The van der Waals surface area contributed by atoms with E-state index in [1.807, 2.05) is 48.0 Å². The van der Waals surface area contributed by atoms with Crippen molar-refractivity contribution in [1.29, 1.82) is 0 Å². The van der Waals surface area contributed by atoms with Gasteiger partial charge in [-0.25, -0.2) is 4.99 Å². The zero-order valence-corrected chi connectivity index (χ0v) is 14.9. The molecule has 0 saturated carbocycles. The van der Waals surface area contributed by atoms with E-state index in [-0.39, 0.29) is 12.5 Å². The van der Waals surface area contributed by atoms with Crippen molar-refractivity contribution < 1.29 is 9.53 Å². The smallest absolute Gasteiger partial charge is 0.244 e. The Morgan fingerprint density at radius 1 is 1.29 bits per heavy atom. The first-order valence-electron chi connectivity index (χ1n) is 8.54. The van der Waals surface area contributed by atoms with Gasteiger partial charge in [0.25, 0.3) is 0 Å². The van der Waals surface area contributed by atoms with Crippen LogP contribution in [-0.2, 0) is 11.3 Å². The summed E-state index contributed by atoms with van der Waals surface area (Å²) in [4.78, 5) is 20.6. The summed E-state index contributed by atoms with van der Waals surface area (Å²) < 4.78 is 5.18. The molecule has 6 heteroatoms. The molecule has 1 fully saturated rings. The Balaban J connectivity index is 1.96. The quantitative estimate of drug-likeness (QED) is 0.636. The van der Waals surface area contributed by atoms with Gasteiger partial charge in [-0.05, 0) is 37.5 Å². The Kier molecular flexibility index (Phi) is 6.90. The van der Waals surface area contributed by atoms with E-state index < -0.39 is 0 Å². The molecule has 0 atom stereocenters. The standard InChI is InChI=1S/C18H28N4O2/c1-4-19-18(20-13-17(23)22-11-5-6-12-22)21(2)14-15-7-9-16(24-3)10-8-15/h7-10H,4-6,11-14H2,1-3H3,(H,19,20). The molecular formula is C18H28N4O2. The highest BCUT2D eigenvalue weighted by Gasteiger charge is 2.17. The zero-order valence-electron chi connectivity index (χ0n) is 14.9. The van der Waals surface area contributed by atoms with Gasteiger partial charge in [0.15, 0.2) is 5.96 Å². The molecule has 1 aromatic rings. The lowest BCUT2D eigenvalue weighted by Gasteiger charge is -2.22. The SMILES string of the molecule is CCNC(=NCC(=O)N1CCCC1)N(C)Cc1ccc(OC)cc1. The van der Waals surface area contributed by atoms with Gasteiger partial charge in [0, 0.05) is 33.2 Å². The summed E-state index contributed by atoms with van der Waals surface area (Å²) in [6, 6.07) is 7.97. The third kappa shape index (κ3) is 5.15. The van der Waals surface area contributed by atoms with Gasteiger partial charge < -0.3 is 19.9 Å². The van der Waals surface area contributed by atoms with Gasteiger partial charge in [-0.3, -0.25) is 4.79 Å². The monoisotopic (exact) mass is 332 g/mol. The minimum Gasteiger partial charge on any atom is -0.497 e. The number of guanidine groups is 1. The molecule has 1 N–H and O–H groups in total. The average molecular weight is 332 g/mol. The van der Waals surface area contributed by atoms with Crippen LogP contribution in [0.5, 0.6) is 5.75 Å². The highest BCUT2D eigenvalue weighted by molar-refractivity contribution is 5.85. The zero-order chi connectivity index (χ0) is 17.4. The molecule has 0 aliphatic carbocycles. The van der Waals surface area contributed by atoms with Gasteiger partial charge >= 0.3 is 0 Å². The lowest BCUT2D eigenvalue weighted by atomic mass is 10.2. The fourth-order valence-corrected chi connectivity index (χ4v) is 2.76. The van der Waals surface area contributed by atoms with Crippen LogP contribution in [0.2, 0.25) is 0 Å². The van der Waals surface area contributed by atoms with Crippen LogP contribution >= 0.6 is 0 Å². The van der Waals surface area contributed by atoms with E-state index in [0.29, 0.717) is 6.54 Å². The molecule has 0 aromatic heterocycles. The van der Waals surface area contributed by atoms with E-state index in [0.717, 1.165) is 49.7 Å². The van der Waals surface area contributed by atoms with Crippen LogP contribution in [0.15, 0.2) is 29.3 Å². The fourth-order valence-electron chi connectivity index (χ4n) is 2.76.